The number of piperidine rings is 1. The molecule has 0 aromatic heterocycles. The van der Waals surface area contributed by atoms with Gasteiger partial charge in [0.15, 0.2) is 0 Å². The average molecular weight is 408 g/mol. The molecule has 156 valence electrons. The van der Waals surface area contributed by atoms with E-state index in [9.17, 15) is 13.2 Å². The van der Waals surface area contributed by atoms with E-state index >= 15 is 0 Å². The summed E-state index contributed by atoms with van der Waals surface area (Å²) in [6, 6.07) is 6.23. The van der Waals surface area contributed by atoms with Gasteiger partial charge in [-0.2, -0.15) is 4.31 Å². The highest BCUT2D eigenvalue weighted by Crippen LogP contribution is 2.26. The maximum absolute atomic E-state index is 13.0. The van der Waals surface area contributed by atoms with Gasteiger partial charge in [-0.25, -0.2) is 8.42 Å². The number of benzene rings is 1. The van der Waals surface area contributed by atoms with Crippen LogP contribution < -0.4 is 5.32 Å². The Labute approximate surface area is 169 Å². The van der Waals surface area contributed by atoms with Crippen LogP contribution >= 0.6 is 0 Å². The lowest BCUT2D eigenvalue weighted by Gasteiger charge is -2.29. The van der Waals surface area contributed by atoms with E-state index < -0.39 is 16.1 Å². The second kappa shape index (κ2) is 9.37. The Bertz CT molecular complexity index is 758. The molecule has 1 N–H and O–H groups in total. The smallest absolute Gasteiger partial charge is 0.243 e. The summed E-state index contributed by atoms with van der Waals surface area (Å²) in [4.78, 5) is 15.5. The van der Waals surface area contributed by atoms with E-state index in [1.165, 1.54) is 23.6 Å². The Morgan fingerprint density at radius 3 is 2.46 bits per heavy atom. The van der Waals surface area contributed by atoms with Crippen LogP contribution in [0.1, 0.15) is 44.6 Å². The minimum atomic E-state index is -3.65. The molecule has 1 unspecified atom stereocenters. The maximum Gasteiger partial charge on any atom is 0.243 e. The second-order valence-electron chi connectivity index (χ2n) is 8.30. The molecule has 2 aliphatic rings. The Hall–Kier alpha value is -1.44. The molecule has 28 heavy (non-hydrogen) atoms. The summed E-state index contributed by atoms with van der Waals surface area (Å²) in [5.74, 6) is 0.185. The Kier molecular flexibility index (Phi) is 7.12. The summed E-state index contributed by atoms with van der Waals surface area (Å²) in [5.41, 5.74) is 1.01. The summed E-state index contributed by atoms with van der Waals surface area (Å²) in [7, 11) is -3.65. The van der Waals surface area contributed by atoms with E-state index in [1.54, 1.807) is 24.3 Å². The first-order valence-corrected chi connectivity index (χ1v) is 11.9. The highest BCUT2D eigenvalue weighted by molar-refractivity contribution is 7.89. The number of sulfonamides is 1. The summed E-state index contributed by atoms with van der Waals surface area (Å²) in [5, 5.41) is 3.00. The molecule has 2 saturated heterocycles. The Morgan fingerprint density at radius 1 is 1.11 bits per heavy atom. The van der Waals surface area contributed by atoms with Crippen molar-refractivity contribution >= 4 is 15.9 Å². The van der Waals surface area contributed by atoms with Gasteiger partial charge in [0.2, 0.25) is 15.9 Å². The van der Waals surface area contributed by atoms with Gasteiger partial charge in [0.25, 0.3) is 0 Å². The molecular formula is C21H33N3O3S. The molecule has 2 fully saturated rings. The van der Waals surface area contributed by atoms with Crippen molar-refractivity contribution in [2.24, 2.45) is 5.92 Å². The van der Waals surface area contributed by atoms with Gasteiger partial charge in [0.05, 0.1) is 4.90 Å². The zero-order valence-corrected chi connectivity index (χ0v) is 17.9. The van der Waals surface area contributed by atoms with Crippen molar-refractivity contribution in [1.82, 2.24) is 14.5 Å². The number of amides is 1. The lowest BCUT2D eigenvalue weighted by molar-refractivity contribution is -0.124. The monoisotopic (exact) mass is 407 g/mol. The van der Waals surface area contributed by atoms with Crippen LogP contribution in [-0.2, 0) is 14.8 Å². The van der Waals surface area contributed by atoms with Gasteiger partial charge in [-0.15, -0.1) is 0 Å². The molecule has 2 atom stereocenters. The maximum atomic E-state index is 13.0. The highest BCUT2D eigenvalue weighted by Gasteiger charge is 2.39. The first kappa shape index (κ1) is 21.3. The molecule has 0 spiro atoms. The van der Waals surface area contributed by atoms with Crippen LogP contribution in [0.5, 0.6) is 0 Å². The van der Waals surface area contributed by atoms with Crippen molar-refractivity contribution in [2.45, 2.75) is 56.9 Å². The minimum absolute atomic E-state index is 0.168. The molecule has 6 nitrogen and oxygen atoms in total. The molecule has 1 aromatic rings. The number of hydrogen-bond donors (Lipinski definition) is 1. The molecule has 2 aliphatic heterocycles. The largest absolute Gasteiger partial charge is 0.354 e. The van der Waals surface area contributed by atoms with E-state index in [-0.39, 0.29) is 10.8 Å². The van der Waals surface area contributed by atoms with Gasteiger partial charge in [-0.3, -0.25) is 4.79 Å². The normalized spacial score (nSPS) is 22.9. The molecule has 1 amide bonds. The van der Waals surface area contributed by atoms with E-state index in [0.717, 1.165) is 25.2 Å². The van der Waals surface area contributed by atoms with Crippen molar-refractivity contribution < 1.29 is 13.2 Å². The third-order valence-corrected chi connectivity index (χ3v) is 7.70. The number of rotatable bonds is 7. The minimum Gasteiger partial charge on any atom is -0.354 e. The van der Waals surface area contributed by atoms with Gasteiger partial charge in [0, 0.05) is 19.6 Å². The number of likely N-dealkylation sites (tertiary alicyclic amines) is 1. The van der Waals surface area contributed by atoms with Gasteiger partial charge >= 0.3 is 0 Å². The molecule has 2 heterocycles. The third-order valence-electron chi connectivity index (χ3n) is 5.78. The fraction of sp³-hybridized carbons (Fsp3) is 0.667. The second-order valence-corrected chi connectivity index (χ2v) is 10.2. The first-order valence-electron chi connectivity index (χ1n) is 10.5. The van der Waals surface area contributed by atoms with Gasteiger partial charge in [-0.05, 0) is 63.7 Å². The standard InChI is InChI=1S/C21H33N3O3S/c1-17-8-10-19(11-9-17)28(26,27)24-14-6-7-20(24)21(25)22-15-18(2)16-23-12-4-3-5-13-23/h8-11,18,20H,3-7,12-16H2,1-2H3,(H,22,25)/t18?,20-/m0/s1. The van der Waals surface area contributed by atoms with Crippen molar-refractivity contribution in [3.63, 3.8) is 0 Å². The quantitative estimate of drug-likeness (QED) is 0.753. The van der Waals surface area contributed by atoms with Crippen LogP contribution in [0.15, 0.2) is 29.2 Å². The van der Waals surface area contributed by atoms with Gasteiger partial charge < -0.3 is 10.2 Å². The number of nitrogens with one attached hydrogen (secondary N) is 1. The summed E-state index contributed by atoms with van der Waals surface area (Å²) < 4.78 is 27.4. The fourth-order valence-electron chi connectivity index (χ4n) is 4.18. The SMILES string of the molecule is Cc1ccc(S(=O)(=O)N2CCC[C@H]2C(=O)NCC(C)CN2CCCCC2)cc1. The zero-order chi connectivity index (χ0) is 20.1. The van der Waals surface area contributed by atoms with E-state index in [0.29, 0.717) is 31.8 Å². The topological polar surface area (TPSA) is 69.7 Å². The number of aryl methyl sites for hydroxylation is 1. The number of nitrogens with zero attached hydrogens (tertiary/aromatic N) is 2. The average Bonchev–Trinajstić information content (AvgIpc) is 3.18. The predicted octanol–water partition coefficient (Wildman–Crippen LogP) is 2.39. The van der Waals surface area contributed by atoms with Crippen LogP contribution in [0.25, 0.3) is 0 Å². The molecule has 1 aromatic carbocycles. The molecule has 0 aliphatic carbocycles. The molecule has 0 bridgehead atoms. The van der Waals surface area contributed by atoms with Crippen molar-refractivity contribution in [3.05, 3.63) is 29.8 Å². The van der Waals surface area contributed by atoms with Crippen LogP contribution in [-0.4, -0.2) is 62.3 Å². The van der Waals surface area contributed by atoms with E-state index in [2.05, 4.69) is 17.1 Å². The van der Waals surface area contributed by atoms with Crippen LogP contribution in [0.4, 0.5) is 0 Å². The van der Waals surface area contributed by atoms with Crippen molar-refractivity contribution in [2.75, 3.05) is 32.7 Å². The van der Waals surface area contributed by atoms with Crippen LogP contribution in [0.3, 0.4) is 0 Å². The predicted molar refractivity (Wildman–Crippen MR) is 111 cm³/mol. The Morgan fingerprint density at radius 2 is 1.79 bits per heavy atom. The van der Waals surface area contributed by atoms with Gasteiger partial charge in [0.1, 0.15) is 6.04 Å². The lowest BCUT2D eigenvalue weighted by atomic mass is 10.1. The molecule has 3 rings (SSSR count). The van der Waals surface area contributed by atoms with Crippen molar-refractivity contribution in [1.29, 1.82) is 0 Å². The fourth-order valence-corrected chi connectivity index (χ4v) is 5.83. The zero-order valence-electron chi connectivity index (χ0n) is 17.1. The molecular weight excluding hydrogens is 374 g/mol. The van der Waals surface area contributed by atoms with Crippen LogP contribution in [0, 0.1) is 12.8 Å². The molecule has 7 heteroatoms. The number of carbonyl (C=O) groups is 1. The molecule has 0 radical (unpaired) electrons. The Balaban J connectivity index is 1.57. The third kappa shape index (κ3) is 5.13. The summed E-state index contributed by atoms with van der Waals surface area (Å²) in [6.07, 6.45) is 5.12. The highest BCUT2D eigenvalue weighted by atomic mass is 32.2. The van der Waals surface area contributed by atoms with Crippen LogP contribution in [0.2, 0.25) is 0 Å². The number of hydrogen-bond acceptors (Lipinski definition) is 4. The van der Waals surface area contributed by atoms with E-state index in [4.69, 9.17) is 0 Å². The van der Waals surface area contributed by atoms with Crippen molar-refractivity contribution in [3.8, 4) is 0 Å². The first-order chi connectivity index (χ1) is 13.4. The lowest BCUT2D eigenvalue weighted by Crippen LogP contribution is -2.47. The van der Waals surface area contributed by atoms with Gasteiger partial charge in [-0.1, -0.05) is 31.0 Å². The van der Waals surface area contributed by atoms with E-state index in [1.807, 2.05) is 6.92 Å². The summed E-state index contributed by atoms with van der Waals surface area (Å²) in [6.45, 7) is 8.32. The molecule has 0 saturated carbocycles. The summed E-state index contributed by atoms with van der Waals surface area (Å²) >= 11 is 0. The number of carbonyl (C=O) groups excluding carboxylic acids is 1.